The molecule has 3 N–H and O–H groups in total. The van der Waals surface area contributed by atoms with Crippen LogP contribution < -0.4 is 16.0 Å². The van der Waals surface area contributed by atoms with Crippen LogP contribution in [0.25, 0.3) is 0 Å². The predicted octanol–water partition coefficient (Wildman–Crippen LogP) is 0.434. The Labute approximate surface area is 92.6 Å². The van der Waals surface area contributed by atoms with Crippen LogP contribution in [0.1, 0.15) is 6.42 Å². The smallest absolute Gasteiger partial charge is 0.166 e. The molecule has 0 radical (unpaired) electrons. The zero-order chi connectivity index (χ0) is 10.2. The van der Waals surface area contributed by atoms with Gasteiger partial charge in [-0.25, -0.2) is 0 Å². The van der Waals surface area contributed by atoms with Gasteiger partial charge in [0.1, 0.15) is 0 Å². The summed E-state index contributed by atoms with van der Waals surface area (Å²) in [6.45, 7) is 1.72. The maximum Gasteiger partial charge on any atom is 0.166 e. The number of rotatable bonds is 5. The highest BCUT2D eigenvalue weighted by atomic mass is 32.1. The number of hydrogen-bond acceptors (Lipinski definition) is 5. The molecule has 0 aliphatic carbocycles. The summed E-state index contributed by atoms with van der Waals surface area (Å²) >= 11 is 6.12. The van der Waals surface area contributed by atoms with E-state index < -0.39 is 0 Å². The van der Waals surface area contributed by atoms with Gasteiger partial charge >= 0.3 is 0 Å². The van der Waals surface area contributed by atoms with Gasteiger partial charge in [0.05, 0.1) is 17.9 Å². The van der Waals surface area contributed by atoms with Crippen molar-refractivity contribution in [1.29, 1.82) is 0 Å². The van der Waals surface area contributed by atoms with Crippen molar-refractivity contribution in [2.45, 2.75) is 6.42 Å². The van der Waals surface area contributed by atoms with E-state index in [1.807, 2.05) is 0 Å². The number of nitrogens with zero attached hydrogens (tertiary/aromatic N) is 2. The van der Waals surface area contributed by atoms with E-state index in [2.05, 4.69) is 24.7 Å². The first kappa shape index (κ1) is 11.1. The number of thiocarbonyl (C=S) groups is 1. The van der Waals surface area contributed by atoms with Gasteiger partial charge in [0.15, 0.2) is 10.9 Å². The number of anilines is 1. The highest BCUT2D eigenvalue weighted by molar-refractivity contribution is 7.80. The van der Waals surface area contributed by atoms with Gasteiger partial charge in [-0.15, -0.1) is 0 Å². The van der Waals surface area contributed by atoms with E-state index in [9.17, 15) is 0 Å². The van der Waals surface area contributed by atoms with E-state index in [-0.39, 0.29) is 0 Å². The Kier molecular flexibility index (Phi) is 5.16. The summed E-state index contributed by atoms with van der Waals surface area (Å²) in [5, 5.41) is 9.74. The summed E-state index contributed by atoms with van der Waals surface area (Å²) in [6.07, 6.45) is 2.70. The molecule has 0 saturated heterocycles. The highest BCUT2D eigenvalue weighted by Crippen LogP contribution is 2.00. The Balaban J connectivity index is 1.97. The van der Waals surface area contributed by atoms with Crippen molar-refractivity contribution in [3.05, 3.63) is 6.20 Å². The second-order valence-corrected chi connectivity index (χ2v) is 3.54. The zero-order valence-electron chi connectivity index (χ0n) is 7.91. The molecule has 0 aromatic carbocycles. The summed E-state index contributed by atoms with van der Waals surface area (Å²) in [5.41, 5.74) is 0. The first-order chi connectivity index (χ1) is 6.83. The third-order valence-electron chi connectivity index (χ3n) is 1.53. The van der Waals surface area contributed by atoms with Crippen LogP contribution in [0.3, 0.4) is 0 Å². The Hall–Kier alpha value is -0.950. The molecule has 0 amide bonds. The van der Waals surface area contributed by atoms with E-state index in [4.69, 9.17) is 12.2 Å². The Morgan fingerprint density at radius 2 is 2.43 bits per heavy atom. The molecule has 7 heteroatoms. The molecule has 0 bridgehead atoms. The van der Waals surface area contributed by atoms with Gasteiger partial charge in [-0.05, 0) is 18.6 Å². The highest BCUT2D eigenvalue weighted by Gasteiger charge is 1.94. The second-order valence-electron chi connectivity index (χ2n) is 2.58. The van der Waals surface area contributed by atoms with Crippen molar-refractivity contribution in [1.82, 2.24) is 19.4 Å². The Bertz CT molecular complexity index is 261. The van der Waals surface area contributed by atoms with Gasteiger partial charge in [-0.1, -0.05) is 0 Å². The maximum absolute atomic E-state index is 4.92. The van der Waals surface area contributed by atoms with E-state index in [0.717, 1.165) is 25.3 Å². The number of hydrogen-bond donors (Lipinski definition) is 3. The van der Waals surface area contributed by atoms with Gasteiger partial charge in [-0.2, -0.15) is 8.75 Å². The molecule has 0 atom stereocenters. The van der Waals surface area contributed by atoms with Gasteiger partial charge in [0.2, 0.25) is 0 Å². The molecular formula is C7H13N5S2. The van der Waals surface area contributed by atoms with Crippen LogP contribution >= 0.6 is 23.9 Å². The first-order valence-corrected chi connectivity index (χ1v) is 5.44. The molecule has 78 valence electrons. The summed E-state index contributed by atoms with van der Waals surface area (Å²) < 4.78 is 7.91. The fourth-order valence-corrected chi connectivity index (χ4v) is 1.33. The lowest BCUT2D eigenvalue weighted by atomic mass is 10.4. The quantitative estimate of drug-likeness (QED) is 0.505. The lowest BCUT2D eigenvalue weighted by molar-refractivity contribution is 0.794. The molecular weight excluding hydrogens is 218 g/mol. The van der Waals surface area contributed by atoms with Gasteiger partial charge < -0.3 is 16.0 Å². The minimum atomic E-state index is 0.681. The number of aromatic nitrogens is 2. The summed E-state index contributed by atoms with van der Waals surface area (Å²) in [7, 11) is 1.80. The SMILES string of the molecule is CNC(=S)NCCCNc1cnsn1. The molecule has 0 saturated carbocycles. The minimum Gasteiger partial charge on any atom is -0.368 e. The minimum absolute atomic E-state index is 0.681. The molecule has 14 heavy (non-hydrogen) atoms. The molecule has 1 heterocycles. The average molecular weight is 231 g/mol. The van der Waals surface area contributed by atoms with Crippen molar-refractivity contribution in [2.24, 2.45) is 0 Å². The van der Waals surface area contributed by atoms with Gasteiger partial charge in [0, 0.05) is 20.1 Å². The van der Waals surface area contributed by atoms with Crippen LogP contribution in [-0.4, -0.2) is 34.0 Å². The molecule has 1 rings (SSSR count). The van der Waals surface area contributed by atoms with Crippen molar-refractivity contribution in [3.8, 4) is 0 Å². The average Bonchev–Trinajstić information content (AvgIpc) is 2.69. The second kappa shape index (κ2) is 6.50. The lowest BCUT2D eigenvalue weighted by Crippen LogP contribution is -2.33. The Morgan fingerprint density at radius 1 is 1.57 bits per heavy atom. The summed E-state index contributed by atoms with van der Waals surface area (Å²) in [4.78, 5) is 0. The molecule has 0 spiro atoms. The first-order valence-electron chi connectivity index (χ1n) is 4.30. The molecule has 1 aromatic rings. The molecule has 0 aliphatic heterocycles. The van der Waals surface area contributed by atoms with Crippen LogP contribution in [0.4, 0.5) is 5.82 Å². The molecule has 0 fully saturated rings. The van der Waals surface area contributed by atoms with Crippen LogP contribution in [0.2, 0.25) is 0 Å². The third-order valence-corrected chi connectivity index (χ3v) is 2.36. The third kappa shape index (κ3) is 4.33. The predicted molar refractivity (Wildman–Crippen MR) is 62.7 cm³/mol. The van der Waals surface area contributed by atoms with Crippen LogP contribution in [0, 0.1) is 0 Å². The van der Waals surface area contributed by atoms with E-state index >= 15 is 0 Å². The molecule has 0 unspecified atom stereocenters. The van der Waals surface area contributed by atoms with Crippen molar-refractivity contribution < 1.29 is 0 Å². The normalized spacial score (nSPS) is 9.50. The monoisotopic (exact) mass is 231 g/mol. The lowest BCUT2D eigenvalue weighted by Gasteiger charge is -2.06. The summed E-state index contributed by atoms with van der Waals surface area (Å²) in [6, 6.07) is 0. The van der Waals surface area contributed by atoms with E-state index in [1.165, 1.54) is 11.7 Å². The largest absolute Gasteiger partial charge is 0.368 e. The van der Waals surface area contributed by atoms with E-state index in [1.54, 1.807) is 13.2 Å². The maximum atomic E-state index is 4.92. The van der Waals surface area contributed by atoms with Crippen molar-refractivity contribution >= 4 is 34.9 Å². The van der Waals surface area contributed by atoms with Crippen LogP contribution in [0.15, 0.2) is 6.20 Å². The number of nitrogens with one attached hydrogen (secondary N) is 3. The summed E-state index contributed by atoms with van der Waals surface area (Å²) in [5.74, 6) is 0.839. The topological polar surface area (TPSA) is 61.9 Å². The molecule has 5 nitrogen and oxygen atoms in total. The molecule has 0 aliphatic rings. The zero-order valence-corrected chi connectivity index (χ0v) is 9.54. The van der Waals surface area contributed by atoms with Crippen molar-refractivity contribution in [3.63, 3.8) is 0 Å². The van der Waals surface area contributed by atoms with Gasteiger partial charge in [-0.3, -0.25) is 0 Å². The standard InChI is InChI=1S/C7H13N5S2/c1-8-7(13)10-4-2-3-9-6-5-11-14-12-6/h5H,2-4H2,1H3,(H,9,12)(H2,8,10,13). The Morgan fingerprint density at radius 3 is 3.07 bits per heavy atom. The fourth-order valence-electron chi connectivity index (χ4n) is 0.838. The van der Waals surface area contributed by atoms with Crippen LogP contribution in [-0.2, 0) is 0 Å². The molecule has 1 aromatic heterocycles. The van der Waals surface area contributed by atoms with Crippen LogP contribution in [0.5, 0.6) is 0 Å². The van der Waals surface area contributed by atoms with Crippen molar-refractivity contribution in [2.75, 3.05) is 25.5 Å². The van der Waals surface area contributed by atoms with Gasteiger partial charge in [0.25, 0.3) is 0 Å². The van der Waals surface area contributed by atoms with E-state index in [0.29, 0.717) is 5.11 Å². The fraction of sp³-hybridized carbons (Fsp3) is 0.571.